The van der Waals surface area contributed by atoms with Crippen LogP contribution in [0.4, 0.5) is 4.79 Å². The summed E-state index contributed by atoms with van der Waals surface area (Å²) in [5.74, 6) is 0.183. The average molecular weight is 291 g/mol. The maximum atomic E-state index is 11.9. The highest BCUT2D eigenvalue weighted by molar-refractivity contribution is 6.18. The van der Waals surface area contributed by atoms with Crippen LogP contribution in [0.1, 0.15) is 40.5 Å². The van der Waals surface area contributed by atoms with E-state index < -0.39 is 6.03 Å². The normalized spacial score (nSPS) is 21.7. The van der Waals surface area contributed by atoms with Gasteiger partial charge in [0.05, 0.1) is 11.8 Å². The number of carbonyl (C=O) groups excluding carboxylic acids is 1. The number of amides is 2. The first-order valence-corrected chi connectivity index (χ1v) is 6.99. The first-order chi connectivity index (χ1) is 8.69. The molecule has 0 aliphatic carbocycles. The fourth-order valence-electron chi connectivity index (χ4n) is 2.93. The number of piperidine rings is 1. The van der Waals surface area contributed by atoms with Crippen molar-refractivity contribution < 1.29 is 4.79 Å². The molecule has 0 aromatic rings. The van der Waals surface area contributed by atoms with E-state index in [2.05, 4.69) is 43.6 Å². The van der Waals surface area contributed by atoms with E-state index in [1.54, 1.807) is 0 Å². The average Bonchev–Trinajstić information content (AvgIpc) is 2.20. The van der Waals surface area contributed by atoms with Crippen LogP contribution in [0.2, 0.25) is 0 Å². The van der Waals surface area contributed by atoms with Crippen molar-refractivity contribution in [3.63, 3.8) is 0 Å². The second kappa shape index (κ2) is 6.05. The summed E-state index contributed by atoms with van der Waals surface area (Å²) in [5, 5.41) is 9.91. The monoisotopic (exact) mass is 290 g/mol. The summed E-state index contributed by atoms with van der Waals surface area (Å²) < 4.78 is 0. The molecule has 1 rings (SSSR count). The molecule has 0 atom stereocenters. The summed E-state index contributed by atoms with van der Waals surface area (Å²) in [4.78, 5) is 22.5. The van der Waals surface area contributed by atoms with Crippen molar-refractivity contribution in [2.75, 3.05) is 12.4 Å². The molecule has 0 aromatic carbocycles. The van der Waals surface area contributed by atoms with Gasteiger partial charge < -0.3 is 10.6 Å². The highest BCUT2D eigenvalue weighted by Crippen LogP contribution is 2.28. The van der Waals surface area contributed by atoms with E-state index in [1.165, 1.54) is 0 Å². The lowest BCUT2D eigenvalue weighted by Gasteiger charge is -2.46. The lowest BCUT2D eigenvalue weighted by Crippen LogP contribution is -2.62. The zero-order valence-electron chi connectivity index (χ0n) is 12.0. The van der Waals surface area contributed by atoms with Crippen molar-refractivity contribution in [1.82, 2.24) is 15.6 Å². The van der Waals surface area contributed by atoms with E-state index in [0.717, 1.165) is 17.9 Å². The fourth-order valence-corrected chi connectivity index (χ4v) is 3.09. The Morgan fingerprint density at radius 1 is 1.37 bits per heavy atom. The van der Waals surface area contributed by atoms with Gasteiger partial charge in [0.15, 0.2) is 0 Å². The van der Waals surface area contributed by atoms with Gasteiger partial charge in [-0.2, -0.15) is 5.01 Å². The number of alkyl halides is 1. The van der Waals surface area contributed by atoms with Crippen LogP contribution in [-0.2, 0) is 0 Å². The van der Waals surface area contributed by atoms with Crippen molar-refractivity contribution >= 4 is 17.6 Å². The number of carbonyl (C=O) groups is 1. The van der Waals surface area contributed by atoms with Gasteiger partial charge in [0.2, 0.25) is 0 Å². The molecule has 0 unspecified atom stereocenters. The Morgan fingerprint density at radius 2 is 1.89 bits per heavy atom. The Balaban J connectivity index is 2.65. The second-order valence-electron chi connectivity index (χ2n) is 6.34. The molecule has 0 spiro atoms. The molecule has 0 aromatic heterocycles. The number of rotatable bonds is 4. The van der Waals surface area contributed by atoms with Gasteiger partial charge in [0.1, 0.15) is 0 Å². The van der Waals surface area contributed by atoms with E-state index >= 15 is 0 Å². The number of hydrogen-bond donors (Lipinski definition) is 2. The Hall–Kier alpha value is -0.880. The molecule has 0 bridgehead atoms. The van der Waals surface area contributed by atoms with Gasteiger partial charge in [-0.1, -0.05) is 0 Å². The summed E-state index contributed by atoms with van der Waals surface area (Å²) in [7, 11) is 0. The lowest BCUT2D eigenvalue weighted by atomic mass is 9.80. The summed E-state index contributed by atoms with van der Waals surface area (Å²) in [6.45, 7) is 8.51. The minimum atomic E-state index is -0.478. The second-order valence-corrected chi connectivity index (χ2v) is 6.72. The first kappa shape index (κ1) is 16.2. The minimum absolute atomic E-state index is 0.0123. The first-order valence-electron chi connectivity index (χ1n) is 6.46. The Morgan fingerprint density at radius 3 is 2.32 bits per heavy atom. The summed E-state index contributed by atoms with van der Waals surface area (Å²) in [6.07, 6.45) is 1.60. The van der Waals surface area contributed by atoms with Gasteiger partial charge in [0.25, 0.3) is 0 Å². The van der Waals surface area contributed by atoms with Crippen LogP contribution in [0.15, 0.2) is 5.29 Å². The number of halogens is 1. The van der Waals surface area contributed by atoms with Gasteiger partial charge in [0, 0.05) is 23.0 Å². The molecule has 1 aliphatic heterocycles. The summed E-state index contributed by atoms with van der Waals surface area (Å²) in [6, 6.07) is -0.465. The predicted molar refractivity (Wildman–Crippen MR) is 76.1 cm³/mol. The van der Waals surface area contributed by atoms with Gasteiger partial charge in [-0.15, -0.1) is 16.5 Å². The molecule has 0 saturated carbocycles. The predicted octanol–water partition coefficient (Wildman–Crippen LogP) is 2.23. The van der Waals surface area contributed by atoms with Crippen molar-refractivity contribution in [2.45, 2.75) is 57.7 Å². The van der Waals surface area contributed by atoms with Crippen molar-refractivity contribution in [3.8, 4) is 0 Å². The highest BCUT2D eigenvalue weighted by atomic mass is 35.5. The molecular formula is C12H23ClN4O2. The van der Waals surface area contributed by atoms with Crippen molar-refractivity contribution in [1.29, 1.82) is 0 Å². The largest absolute Gasteiger partial charge is 0.340 e. The van der Waals surface area contributed by atoms with E-state index in [9.17, 15) is 9.70 Å². The molecule has 1 fully saturated rings. The van der Waals surface area contributed by atoms with Gasteiger partial charge in [-0.3, -0.25) is 0 Å². The van der Waals surface area contributed by atoms with Crippen LogP contribution in [0.25, 0.3) is 0 Å². The zero-order chi connectivity index (χ0) is 14.7. The molecular weight excluding hydrogens is 268 g/mol. The molecule has 0 radical (unpaired) electrons. The van der Waals surface area contributed by atoms with Crippen LogP contribution in [0.5, 0.6) is 0 Å². The van der Waals surface area contributed by atoms with E-state index in [-0.39, 0.29) is 29.5 Å². The zero-order valence-corrected chi connectivity index (χ0v) is 12.8. The third-order valence-corrected chi connectivity index (χ3v) is 3.32. The Bertz CT molecular complexity index is 331. The van der Waals surface area contributed by atoms with Crippen LogP contribution in [0, 0.1) is 4.91 Å². The maximum absolute atomic E-state index is 11.9. The van der Waals surface area contributed by atoms with Gasteiger partial charge >= 0.3 is 6.03 Å². The maximum Gasteiger partial charge on any atom is 0.340 e. The molecule has 7 heteroatoms. The third kappa shape index (κ3) is 4.95. The molecule has 1 heterocycles. The number of urea groups is 1. The summed E-state index contributed by atoms with van der Waals surface area (Å²) in [5.41, 5.74) is -0.128. The van der Waals surface area contributed by atoms with E-state index in [1.807, 2.05) is 0 Å². The SMILES string of the molecule is CC1(C)CC(NC(=O)N(CCCl)N=O)CC(C)(C)N1. The lowest BCUT2D eigenvalue weighted by molar-refractivity contribution is 0.139. The molecule has 6 nitrogen and oxygen atoms in total. The van der Waals surface area contributed by atoms with E-state index in [0.29, 0.717) is 0 Å². The molecule has 1 aliphatic rings. The molecule has 19 heavy (non-hydrogen) atoms. The highest BCUT2D eigenvalue weighted by Gasteiger charge is 2.38. The quantitative estimate of drug-likeness (QED) is 0.474. The number of nitrogens with one attached hydrogen (secondary N) is 2. The van der Waals surface area contributed by atoms with E-state index in [4.69, 9.17) is 11.6 Å². The van der Waals surface area contributed by atoms with Gasteiger partial charge in [-0.05, 0) is 40.5 Å². The Kier molecular flexibility index (Phi) is 5.15. The Labute approximate surface area is 119 Å². The van der Waals surface area contributed by atoms with Crippen molar-refractivity contribution in [3.05, 3.63) is 4.91 Å². The summed E-state index contributed by atoms with van der Waals surface area (Å²) >= 11 is 5.52. The standard InChI is InChI=1S/C12H23ClN4O2/c1-11(2)7-9(8-12(3,4)15-11)14-10(18)17(16-19)6-5-13/h9,15H,5-8H2,1-4H3,(H,14,18). The third-order valence-electron chi connectivity index (χ3n) is 3.15. The number of hydrogen-bond acceptors (Lipinski definition) is 4. The van der Waals surface area contributed by atoms with Crippen LogP contribution in [-0.4, -0.2) is 40.6 Å². The topological polar surface area (TPSA) is 73.8 Å². The van der Waals surface area contributed by atoms with Crippen LogP contribution < -0.4 is 10.6 Å². The van der Waals surface area contributed by atoms with Crippen LogP contribution >= 0.6 is 11.6 Å². The molecule has 1 saturated heterocycles. The number of nitroso groups, excluding NO2 is 1. The minimum Gasteiger partial charge on any atom is -0.334 e. The van der Waals surface area contributed by atoms with Crippen molar-refractivity contribution in [2.24, 2.45) is 5.29 Å². The molecule has 110 valence electrons. The van der Waals surface area contributed by atoms with Gasteiger partial charge in [-0.25, -0.2) is 4.79 Å². The van der Waals surface area contributed by atoms with Crippen LogP contribution in [0.3, 0.4) is 0 Å². The smallest absolute Gasteiger partial charge is 0.334 e. The number of nitrogens with zero attached hydrogens (tertiary/aromatic N) is 2. The fraction of sp³-hybridized carbons (Fsp3) is 0.917. The molecule has 2 N–H and O–H groups in total. The molecule has 2 amide bonds.